The van der Waals surface area contributed by atoms with E-state index in [1.807, 2.05) is 19.9 Å². The standard InChI is InChI=1S/C26H21FO6/c1-26(2)9-8-16-19(33-26)12-22-23(24(16)28)25(29)17-10-20(30-3)21(11-18(17)32-22)31-13-14-4-6-15(27)7-5-14/h4-12,28H,13H2,1-3H3. The molecule has 33 heavy (non-hydrogen) atoms. The molecule has 0 radical (unpaired) electrons. The van der Waals surface area contributed by atoms with Crippen LogP contribution in [0, 0.1) is 5.82 Å². The second-order valence-electron chi connectivity index (χ2n) is 8.39. The number of halogens is 1. The van der Waals surface area contributed by atoms with Crippen LogP contribution in [-0.2, 0) is 6.61 Å². The Labute approximate surface area is 188 Å². The van der Waals surface area contributed by atoms with Crippen molar-refractivity contribution in [2.75, 3.05) is 7.11 Å². The molecule has 2 heterocycles. The second kappa shape index (κ2) is 7.55. The number of rotatable bonds is 4. The molecule has 0 amide bonds. The Morgan fingerprint density at radius 3 is 2.55 bits per heavy atom. The highest BCUT2D eigenvalue weighted by molar-refractivity contribution is 5.97. The van der Waals surface area contributed by atoms with E-state index in [1.54, 1.807) is 30.3 Å². The molecule has 0 unspecified atom stereocenters. The minimum Gasteiger partial charge on any atom is -0.506 e. The molecule has 1 aromatic heterocycles. The summed E-state index contributed by atoms with van der Waals surface area (Å²) >= 11 is 0. The molecule has 0 saturated heterocycles. The van der Waals surface area contributed by atoms with Crippen LogP contribution in [0.15, 0.2) is 57.8 Å². The lowest BCUT2D eigenvalue weighted by molar-refractivity contribution is 0.158. The van der Waals surface area contributed by atoms with Gasteiger partial charge in [0.2, 0.25) is 5.43 Å². The van der Waals surface area contributed by atoms with Gasteiger partial charge in [-0.1, -0.05) is 12.1 Å². The third kappa shape index (κ3) is 3.65. The van der Waals surface area contributed by atoms with Crippen LogP contribution in [-0.4, -0.2) is 17.8 Å². The number of methoxy groups -OCH3 is 1. The van der Waals surface area contributed by atoms with Crippen molar-refractivity contribution in [1.82, 2.24) is 0 Å². The summed E-state index contributed by atoms with van der Waals surface area (Å²) in [6.45, 7) is 3.95. The van der Waals surface area contributed by atoms with Crippen molar-refractivity contribution in [1.29, 1.82) is 0 Å². The van der Waals surface area contributed by atoms with Gasteiger partial charge in [-0.25, -0.2) is 4.39 Å². The lowest BCUT2D eigenvalue weighted by Gasteiger charge is -2.28. The van der Waals surface area contributed by atoms with Gasteiger partial charge in [-0.2, -0.15) is 0 Å². The molecular formula is C26H21FO6. The topological polar surface area (TPSA) is 78.1 Å². The predicted molar refractivity (Wildman–Crippen MR) is 123 cm³/mol. The number of hydrogen-bond acceptors (Lipinski definition) is 6. The lowest BCUT2D eigenvalue weighted by atomic mass is 9.99. The molecule has 0 saturated carbocycles. The quantitative estimate of drug-likeness (QED) is 0.412. The van der Waals surface area contributed by atoms with Crippen molar-refractivity contribution in [2.24, 2.45) is 0 Å². The summed E-state index contributed by atoms with van der Waals surface area (Å²) in [5.74, 6) is 0.596. The molecule has 4 aromatic rings. The maximum Gasteiger partial charge on any atom is 0.204 e. The van der Waals surface area contributed by atoms with Crippen molar-refractivity contribution in [2.45, 2.75) is 26.1 Å². The van der Waals surface area contributed by atoms with Gasteiger partial charge in [-0.05, 0) is 49.8 Å². The summed E-state index contributed by atoms with van der Waals surface area (Å²) in [6, 6.07) is 10.7. The molecule has 1 N–H and O–H groups in total. The van der Waals surface area contributed by atoms with Crippen molar-refractivity contribution in [3.63, 3.8) is 0 Å². The molecule has 0 atom stereocenters. The fourth-order valence-electron chi connectivity index (χ4n) is 3.85. The number of fused-ring (bicyclic) bond motifs is 3. The molecular weight excluding hydrogens is 427 g/mol. The number of hydrogen-bond donors (Lipinski definition) is 1. The van der Waals surface area contributed by atoms with Crippen LogP contribution in [0.4, 0.5) is 4.39 Å². The SMILES string of the molecule is COc1cc2c(=O)c3c(O)c4c(cc3oc2cc1OCc1ccc(F)cc1)OC(C)(C)C=C4. The van der Waals surface area contributed by atoms with Crippen LogP contribution in [0.3, 0.4) is 0 Å². The second-order valence-corrected chi connectivity index (χ2v) is 8.39. The van der Waals surface area contributed by atoms with E-state index in [-0.39, 0.29) is 40.1 Å². The van der Waals surface area contributed by atoms with Crippen LogP contribution >= 0.6 is 0 Å². The number of phenols is 1. The molecule has 3 aromatic carbocycles. The zero-order valence-corrected chi connectivity index (χ0v) is 18.3. The zero-order chi connectivity index (χ0) is 23.3. The predicted octanol–water partition coefficient (Wildman–Crippen LogP) is 5.56. The summed E-state index contributed by atoms with van der Waals surface area (Å²) in [6.07, 6.45) is 3.56. The summed E-state index contributed by atoms with van der Waals surface area (Å²) in [5, 5.41) is 11.1. The van der Waals surface area contributed by atoms with Gasteiger partial charge in [-0.15, -0.1) is 0 Å². The van der Waals surface area contributed by atoms with Crippen LogP contribution < -0.4 is 19.6 Å². The van der Waals surface area contributed by atoms with Crippen molar-refractivity contribution in [3.8, 4) is 23.0 Å². The molecule has 1 aliphatic heterocycles. The highest BCUT2D eigenvalue weighted by Gasteiger charge is 2.27. The molecule has 168 valence electrons. The molecule has 6 nitrogen and oxygen atoms in total. The highest BCUT2D eigenvalue weighted by Crippen LogP contribution is 2.42. The average molecular weight is 448 g/mol. The number of benzene rings is 3. The van der Waals surface area contributed by atoms with E-state index in [4.69, 9.17) is 18.6 Å². The van der Waals surface area contributed by atoms with Crippen LogP contribution in [0.25, 0.3) is 28.0 Å². The minimum atomic E-state index is -0.557. The fraction of sp³-hybridized carbons (Fsp3) is 0.192. The van der Waals surface area contributed by atoms with E-state index in [2.05, 4.69) is 0 Å². The Bertz CT molecular complexity index is 1480. The van der Waals surface area contributed by atoms with Crippen LogP contribution in [0.5, 0.6) is 23.0 Å². The first-order chi connectivity index (χ1) is 15.8. The van der Waals surface area contributed by atoms with Crippen LogP contribution in [0.2, 0.25) is 0 Å². The highest BCUT2D eigenvalue weighted by atomic mass is 19.1. The Morgan fingerprint density at radius 2 is 1.82 bits per heavy atom. The Balaban J connectivity index is 1.63. The Kier molecular flexibility index (Phi) is 4.78. The minimum absolute atomic E-state index is 0.0660. The molecule has 0 aliphatic carbocycles. The first-order valence-electron chi connectivity index (χ1n) is 10.4. The molecule has 0 bridgehead atoms. The normalized spacial score (nSPS) is 14.2. The van der Waals surface area contributed by atoms with Gasteiger partial charge < -0.3 is 23.7 Å². The summed E-state index contributed by atoms with van der Waals surface area (Å²) < 4.78 is 36.4. The third-order valence-corrected chi connectivity index (χ3v) is 5.56. The van der Waals surface area contributed by atoms with Crippen molar-refractivity contribution < 1.29 is 28.1 Å². The summed E-state index contributed by atoms with van der Waals surface area (Å²) in [4.78, 5) is 13.3. The van der Waals surface area contributed by atoms with E-state index in [0.29, 0.717) is 22.8 Å². The van der Waals surface area contributed by atoms with E-state index in [0.717, 1.165) is 5.56 Å². The van der Waals surface area contributed by atoms with E-state index >= 15 is 0 Å². The van der Waals surface area contributed by atoms with Gasteiger partial charge in [-0.3, -0.25) is 4.79 Å². The largest absolute Gasteiger partial charge is 0.506 e. The van der Waals surface area contributed by atoms with Gasteiger partial charge in [0.25, 0.3) is 0 Å². The van der Waals surface area contributed by atoms with Crippen molar-refractivity contribution >= 4 is 28.0 Å². The van der Waals surface area contributed by atoms with Crippen LogP contribution in [0.1, 0.15) is 25.0 Å². The lowest BCUT2D eigenvalue weighted by Crippen LogP contribution is -2.27. The zero-order valence-electron chi connectivity index (χ0n) is 18.3. The van der Waals surface area contributed by atoms with Gasteiger partial charge in [0, 0.05) is 12.1 Å². The molecule has 0 fully saturated rings. The first kappa shape index (κ1) is 20.9. The average Bonchev–Trinajstić information content (AvgIpc) is 2.77. The Morgan fingerprint density at radius 1 is 1.06 bits per heavy atom. The third-order valence-electron chi connectivity index (χ3n) is 5.56. The van der Waals surface area contributed by atoms with Gasteiger partial charge in [0.05, 0.1) is 18.1 Å². The monoisotopic (exact) mass is 448 g/mol. The van der Waals surface area contributed by atoms with Crippen molar-refractivity contribution in [3.05, 3.63) is 75.7 Å². The summed E-state index contributed by atoms with van der Waals surface area (Å²) in [7, 11) is 1.46. The van der Waals surface area contributed by atoms with Gasteiger partial charge in [0.15, 0.2) is 11.5 Å². The molecule has 0 spiro atoms. The van der Waals surface area contributed by atoms with E-state index in [9.17, 15) is 14.3 Å². The number of ether oxygens (including phenoxy) is 3. The Hall–Kier alpha value is -4.00. The smallest absolute Gasteiger partial charge is 0.204 e. The maximum atomic E-state index is 13.3. The summed E-state index contributed by atoms with van der Waals surface area (Å²) in [5.41, 5.74) is 0.714. The number of phenolic OH excluding ortho intramolecular Hbond substituents is 1. The van der Waals surface area contributed by atoms with Gasteiger partial charge in [0.1, 0.15) is 46.1 Å². The van der Waals surface area contributed by atoms with E-state index in [1.165, 1.54) is 25.3 Å². The fourth-order valence-corrected chi connectivity index (χ4v) is 3.85. The molecule has 7 heteroatoms. The first-order valence-corrected chi connectivity index (χ1v) is 10.4. The van der Waals surface area contributed by atoms with Gasteiger partial charge >= 0.3 is 0 Å². The maximum absolute atomic E-state index is 13.3. The molecule has 5 rings (SSSR count). The number of aromatic hydroxyl groups is 1. The van der Waals surface area contributed by atoms with E-state index < -0.39 is 11.0 Å². The molecule has 1 aliphatic rings.